The minimum absolute atomic E-state index is 0.148. The predicted octanol–water partition coefficient (Wildman–Crippen LogP) is 4.17. The second kappa shape index (κ2) is 9.18. The number of hydrogen-bond donors (Lipinski definition) is 0. The fourth-order valence-corrected chi connectivity index (χ4v) is 3.53. The normalized spacial score (nSPS) is 15.2. The van der Waals surface area contributed by atoms with Crippen LogP contribution in [0.3, 0.4) is 0 Å². The van der Waals surface area contributed by atoms with E-state index >= 15 is 0 Å². The lowest BCUT2D eigenvalue weighted by Gasteiger charge is -2.24. The van der Waals surface area contributed by atoms with E-state index in [1.165, 1.54) is 0 Å². The topological polar surface area (TPSA) is 70.4 Å². The number of nitriles is 1. The van der Waals surface area contributed by atoms with Crippen LogP contribution in [0.2, 0.25) is 0 Å². The maximum atomic E-state index is 12.8. The molecule has 1 fully saturated rings. The molecule has 3 rings (SSSR count). The molecule has 0 N–H and O–H groups in total. The van der Waals surface area contributed by atoms with Crippen molar-refractivity contribution in [3.05, 3.63) is 59.7 Å². The number of nitrogens with zero attached hydrogens (tertiary/aromatic N) is 2. The quantitative estimate of drug-likeness (QED) is 0.751. The van der Waals surface area contributed by atoms with E-state index in [0.29, 0.717) is 35.3 Å². The van der Waals surface area contributed by atoms with Gasteiger partial charge in [0.2, 0.25) is 0 Å². The van der Waals surface area contributed by atoms with Crippen molar-refractivity contribution in [3.63, 3.8) is 0 Å². The molecular weight excluding hydrogens is 352 g/mol. The first-order valence-electron chi connectivity index (χ1n) is 9.70. The number of benzene rings is 2. The molecule has 28 heavy (non-hydrogen) atoms. The Labute approximate surface area is 165 Å². The van der Waals surface area contributed by atoms with Crippen molar-refractivity contribution in [2.45, 2.75) is 38.7 Å². The molecule has 2 aromatic rings. The first kappa shape index (κ1) is 19.6. The fraction of sp³-hybridized carbons (Fsp3) is 0.348. The zero-order valence-corrected chi connectivity index (χ0v) is 16.1. The molecule has 1 aliphatic rings. The smallest absolute Gasteiger partial charge is 0.339 e. The highest BCUT2D eigenvalue weighted by atomic mass is 16.5. The molecule has 0 unspecified atom stereocenters. The molecule has 2 aromatic carbocycles. The van der Waals surface area contributed by atoms with Gasteiger partial charge in [0.25, 0.3) is 5.91 Å². The third-order valence-corrected chi connectivity index (χ3v) is 5.03. The maximum Gasteiger partial charge on any atom is 0.339 e. The van der Waals surface area contributed by atoms with E-state index in [9.17, 15) is 14.9 Å². The Morgan fingerprint density at radius 2 is 1.57 bits per heavy atom. The van der Waals surface area contributed by atoms with Crippen LogP contribution in [0, 0.1) is 11.3 Å². The number of carbonyl (C=O) groups is 2. The number of rotatable bonds is 4. The van der Waals surface area contributed by atoms with Gasteiger partial charge in [0.1, 0.15) is 0 Å². The highest BCUT2D eigenvalue weighted by Crippen LogP contribution is 2.27. The van der Waals surface area contributed by atoms with Gasteiger partial charge in [0.05, 0.1) is 17.2 Å². The molecule has 5 nitrogen and oxygen atoms in total. The summed E-state index contributed by atoms with van der Waals surface area (Å²) in [5.41, 5.74) is 2.13. The van der Waals surface area contributed by atoms with Crippen molar-refractivity contribution in [1.29, 1.82) is 5.26 Å². The van der Waals surface area contributed by atoms with Crippen molar-refractivity contribution in [3.8, 4) is 17.2 Å². The lowest BCUT2D eigenvalue weighted by molar-refractivity contribution is -0.139. The summed E-state index contributed by atoms with van der Waals surface area (Å²) in [5, 5.41) is 9.38. The van der Waals surface area contributed by atoms with Crippen molar-refractivity contribution in [1.82, 2.24) is 4.90 Å². The predicted molar refractivity (Wildman–Crippen MR) is 107 cm³/mol. The van der Waals surface area contributed by atoms with Crippen LogP contribution < -0.4 is 0 Å². The standard InChI is InChI=1S/C23H24N2O3/c1-17(22(26)25-14-8-2-3-9-15-25)28-23(27)21-13-7-6-12-20(21)19-11-5-4-10-18(19)16-24/h4-7,10-13,17H,2-3,8-9,14-15H2,1H3/t17-/m1/s1. The molecule has 0 bridgehead atoms. The number of hydrogen-bond acceptors (Lipinski definition) is 4. The van der Waals surface area contributed by atoms with Crippen LogP contribution in [0.25, 0.3) is 11.1 Å². The maximum absolute atomic E-state index is 12.8. The van der Waals surface area contributed by atoms with E-state index in [1.807, 2.05) is 12.1 Å². The van der Waals surface area contributed by atoms with Gasteiger partial charge in [-0.2, -0.15) is 5.26 Å². The molecule has 0 aliphatic carbocycles. The van der Waals surface area contributed by atoms with Gasteiger partial charge in [-0.05, 0) is 37.5 Å². The minimum atomic E-state index is -0.843. The lowest BCUT2D eigenvalue weighted by Crippen LogP contribution is -2.40. The van der Waals surface area contributed by atoms with Gasteiger partial charge in [0.15, 0.2) is 6.10 Å². The van der Waals surface area contributed by atoms with Gasteiger partial charge in [0, 0.05) is 18.7 Å². The van der Waals surface area contributed by atoms with Crippen molar-refractivity contribution >= 4 is 11.9 Å². The summed E-state index contributed by atoms with van der Waals surface area (Å²) in [6, 6.07) is 16.3. The fourth-order valence-electron chi connectivity index (χ4n) is 3.53. The van der Waals surface area contributed by atoms with Crippen LogP contribution >= 0.6 is 0 Å². The Morgan fingerprint density at radius 1 is 0.964 bits per heavy atom. The largest absolute Gasteiger partial charge is 0.449 e. The van der Waals surface area contributed by atoms with E-state index < -0.39 is 12.1 Å². The number of ether oxygens (including phenoxy) is 1. The third-order valence-electron chi connectivity index (χ3n) is 5.03. The van der Waals surface area contributed by atoms with Crippen molar-refractivity contribution < 1.29 is 14.3 Å². The third kappa shape index (κ3) is 4.40. The van der Waals surface area contributed by atoms with Crippen molar-refractivity contribution in [2.75, 3.05) is 13.1 Å². The molecule has 1 aliphatic heterocycles. The monoisotopic (exact) mass is 376 g/mol. The van der Waals surface area contributed by atoms with Gasteiger partial charge in [-0.3, -0.25) is 4.79 Å². The number of carbonyl (C=O) groups excluding carboxylic acids is 2. The van der Waals surface area contributed by atoms with E-state index in [2.05, 4.69) is 6.07 Å². The average molecular weight is 376 g/mol. The Morgan fingerprint density at radius 3 is 2.25 bits per heavy atom. The molecule has 0 saturated carbocycles. The Balaban J connectivity index is 1.80. The molecule has 0 radical (unpaired) electrons. The molecule has 1 atom stereocenters. The first-order chi connectivity index (χ1) is 13.6. The van der Waals surface area contributed by atoms with Crippen LogP contribution in [-0.4, -0.2) is 36.0 Å². The summed E-state index contributed by atoms with van der Waals surface area (Å²) in [6.45, 7) is 3.05. The van der Waals surface area contributed by atoms with Gasteiger partial charge >= 0.3 is 5.97 Å². The van der Waals surface area contributed by atoms with Crippen molar-refractivity contribution in [2.24, 2.45) is 0 Å². The Kier molecular flexibility index (Phi) is 6.44. The van der Waals surface area contributed by atoms with E-state index in [0.717, 1.165) is 25.7 Å². The summed E-state index contributed by atoms with van der Waals surface area (Å²) in [7, 11) is 0. The van der Waals surface area contributed by atoms with Crippen LogP contribution in [0.4, 0.5) is 0 Å². The molecular formula is C23H24N2O3. The summed E-state index contributed by atoms with van der Waals surface area (Å²) >= 11 is 0. The van der Waals surface area contributed by atoms with E-state index in [-0.39, 0.29) is 5.91 Å². The van der Waals surface area contributed by atoms with Gasteiger partial charge < -0.3 is 9.64 Å². The summed E-state index contributed by atoms with van der Waals surface area (Å²) in [5.74, 6) is -0.704. The molecule has 144 valence electrons. The van der Waals surface area contributed by atoms with E-state index in [4.69, 9.17) is 4.74 Å². The molecule has 0 aromatic heterocycles. The molecule has 1 saturated heterocycles. The SMILES string of the molecule is C[C@@H](OC(=O)c1ccccc1-c1ccccc1C#N)C(=O)N1CCCCCC1. The van der Waals surface area contributed by atoms with Gasteiger partial charge in [-0.25, -0.2) is 4.79 Å². The summed E-state index contributed by atoms with van der Waals surface area (Å²) < 4.78 is 5.51. The van der Waals surface area contributed by atoms with Gasteiger partial charge in [-0.15, -0.1) is 0 Å². The summed E-state index contributed by atoms with van der Waals surface area (Å²) in [4.78, 5) is 27.3. The first-order valence-corrected chi connectivity index (χ1v) is 9.70. The second-order valence-corrected chi connectivity index (χ2v) is 6.99. The lowest BCUT2D eigenvalue weighted by atomic mass is 9.96. The molecule has 1 amide bonds. The minimum Gasteiger partial charge on any atom is -0.449 e. The van der Waals surface area contributed by atoms with Crippen LogP contribution in [-0.2, 0) is 9.53 Å². The number of amides is 1. The number of likely N-dealkylation sites (tertiary alicyclic amines) is 1. The highest BCUT2D eigenvalue weighted by molar-refractivity contribution is 5.99. The Bertz CT molecular complexity index is 893. The molecule has 0 spiro atoms. The second-order valence-electron chi connectivity index (χ2n) is 6.99. The van der Waals surface area contributed by atoms with Gasteiger partial charge in [-0.1, -0.05) is 49.2 Å². The molecule has 1 heterocycles. The molecule has 5 heteroatoms. The Hall–Kier alpha value is -3.13. The van der Waals surface area contributed by atoms with E-state index in [1.54, 1.807) is 48.2 Å². The highest BCUT2D eigenvalue weighted by Gasteiger charge is 2.26. The number of esters is 1. The summed E-state index contributed by atoms with van der Waals surface area (Å²) in [6.07, 6.45) is 3.39. The van der Waals surface area contributed by atoms with Crippen LogP contribution in [0.1, 0.15) is 48.5 Å². The zero-order valence-electron chi connectivity index (χ0n) is 16.1. The van der Waals surface area contributed by atoms with Crippen LogP contribution in [0.5, 0.6) is 0 Å². The zero-order chi connectivity index (χ0) is 19.9. The van der Waals surface area contributed by atoms with Crippen LogP contribution in [0.15, 0.2) is 48.5 Å². The average Bonchev–Trinajstić information content (AvgIpc) is 3.02.